The van der Waals surface area contributed by atoms with E-state index in [0.717, 1.165) is 51.4 Å². The van der Waals surface area contributed by atoms with Gasteiger partial charge in [0.05, 0.1) is 35.6 Å². The van der Waals surface area contributed by atoms with Crippen molar-refractivity contribution in [3.63, 3.8) is 0 Å². The number of aliphatic hydroxyl groups is 4. The van der Waals surface area contributed by atoms with Gasteiger partial charge in [0, 0.05) is 5.92 Å². The molecule has 2 spiro atoms. The molecule has 1 heterocycles. The van der Waals surface area contributed by atoms with Crippen LogP contribution in [0.15, 0.2) is 0 Å². The standard InChI is InChI=1S/C30H50O5/c1-24(2)20(33)8-11-30-16-29(30)13-12-26(5)23(28(7)10-9-21(35-28)25(3,4)34)18(32)15-27(26,6)19(29)14-17(31)22(24)30/h17-23,31-34H,8-16H2,1-7H3/t17?,18?,19-,20?,21?,22?,23-,26+,27-,28-,29?,30+/m0/s1. The first-order valence-corrected chi connectivity index (χ1v) is 14.4. The molecule has 4 N–H and O–H groups in total. The summed E-state index contributed by atoms with van der Waals surface area (Å²) >= 11 is 0. The fourth-order valence-corrected chi connectivity index (χ4v) is 12.1. The van der Waals surface area contributed by atoms with E-state index in [1.165, 1.54) is 6.42 Å². The normalized spacial score (nSPS) is 60.9. The Kier molecular flexibility index (Phi) is 4.92. The summed E-state index contributed by atoms with van der Waals surface area (Å²) in [6.07, 6.45) is 7.18. The lowest BCUT2D eigenvalue weighted by molar-refractivity contribution is -0.213. The third-order valence-electron chi connectivity index (χ3n) is 13.8. The molecule has 0 aromatic heterocycles. The molecule has 0 aromatic rings. The lowest BCUT2D eigenvalue weighted by Crippen LogP contribution is -2.62. The van der Waals surface area contributed by atoms with Crippen molar-refractivity contribution in [1.29, 1.82) is 0 Å². The van der Waals surface area contributed by atoms with E-state index in [9.17, 15) is 20.4 Å². The van der Waals surface area contributed by atoms with Gasteiger partial charge in [0.2, 0.25) is 0 Å². The number of ether oxygens (including phenoxy) is 1. The van der Waals surface area contributed by atoms with Crippen molar-refractivity contribution in [3.05, 3.63) is 0 Å². The molecule has 1 saturated heterocycles. The molecule has 200 valence electrons. The zero-order valence-electron chi connectivity index (χ0n) is 23.1. The van der Waals surface area contributed by atoms with Crippen LogP contribution in [-0.4, -0.2) is 56.0 Å². The zero-order valence-corrected chi connectivity index (χ0v) is 23.1. The van der Waals surface area contributed by atoms with Gasteiger partial charge >= 0.3 is 0 Å². The second-order valence-corrected chi connectivity index (χ2v) is 15.9. The molecule has 5 aliphatic carbocycles. The van der Waals surface area contributed by atoms with E-state index in [-0.39, 0.29) is 51.1 Å². The Morgan fingerprint density at radius 1 is 0.771 bits per heavy atom. The summed E-state index contributed by atoms with van der Waals surface area (Å²) in [7, 11) is 0. The monoisotopic (exact) mass is 490 g/mol. The first-order valence-electron chi connectivity index (χ1n) is 14.4. The number of hydrogen-bond acceptors (Lipinski definition) is 5. The van der Waals surface area contributed by atoms with Crippen LogP contribution in [0.2, 0.25) is 0 Å². The maximum absolute atomic E-state index is 11.7. The van der Waals surface area contributed by atoms with Crippen LogP contribution in [0.25, 0.3) is 0 Å². The average Bonchev–Trinajstić information content (AvgIpc) is 3.08. The predicted octanol–water partition coefficient (Wildman–Crippen LogP) is 4.44. The number of fused-ring (bicyclic) bond motifs is 2. The highest BCUT2D eigenvalue weighted by Gasteiger charge is 2.84. The van der Waals surface area contributed by atoms with Gasteiger partial charge in [-0.15, -0.1) is 0 Å². The lowest BCUT2D eigenvalue weighted by Gasteiger charge is -2.64. The van der Waals surface area contributed by atoms with E-state index >= 15 is 0 Å². The molecule has 6 fully saturated rings. The molecule has 6 aliphatic rings. The van der Waals surface area contributed by atoms with Gasteiger partial charge in [-0.25, -0.2) is 0 Å². The maximum Gasteiger partial charge on any atom is 0.0865 e. The van der Waals surface area contributed by atoms with Gasteiger partial charge < -0.3 is 25.2 Å². The lowest BCUT2D eigenvalue weighted by atomic mass is 9.41. The molecule has 0 bridgehead atoms. The molecule has 0 amide bonds. The van der Waals surface area contributed by atoms with Gasteiger partial charge in [-0.05, 0) is 117 Å². The van der Waals surface area contributed by atoms with Crippen molar-refractivity contribution < 1.29 is 25.2 Å². The van der Waals surface area contributed by atoms with Crippen LogP contribution in [0.5, 0.6) is 0 Å². The average molecular weight is 491 g/mol. The van der Waals surface area contributed by atoms with Crippen molar-refractivity contribution in [1.82, 2.24) is 0 Å². The molecule has 1 aliphatic heterocycles. The van der Waals surface area contributed by atoms with E-state index < -0.39 is 23.4 Å². The minimum Gasteiger partial charge on any atom is -0.393 e. The summed E-state index contributed by atoms with van der Waals surface area (Å²) in [5, 5.41) is 45.0. The fraction of sp³-hybridized carbons (Fsp3) is 1.00. The Labute approximate surface area is 212 Å². The SMILES string of the molecule is CC(C)(O)C1CC[C@@](C)([C@H]2C(O)C[C@@]3(C)[C@@H]4CC(O)C5C(C)(C)C(O)CC[C@@]56CC46CC[C@]23C)O1. The summed E-state index contributed by atoms with van der Waals surface area (Å²) in [6.45, 7) is 15.0. The first-order chi connectivity index (χ1) is 16.0. The fourth-order valence-electron chi connectivity index (χ4n) is 12.1. The molecule has 35 heavy (non-hydrogen) atoms. The van der Waals surface area contributed by atoms with Gasteiger partial charge in [0.1, 0.15) is 0 Å². The Hall–Kier alpha value is -0.200. The number of rotatable bonds is 2. The van der Waals surface area contributed by atoms with Crippen LogP contribution in [0.1, 0.15) is 106 Å². The summed E-state index contributed by atoms with van der Waals surface area (Å²) in [5.74, 6) is 0.577. The van der Waals surface area contributed by atoms with Gasteiger partial charge in [-0.1, -0.05) is 27.7 Å². The van der Waals surface area contributed by atoms with Crippen LogP contribution >= 0.6 is 0 Å². The quantitative estimate of drug-likeness (QED) is 0.460. The highest BCUT2D eigenvalue weighted by molar-refractivity contribution is 5.33. The molecule has 5 nitrogen and oxygen atoms in total. The molecule has 12 atom stereocenters. The highest BCUT2D eigenvalue weighted by Crippen LogP contribution is 2.89. The highest BCUT2D eigenvalue weighted by atomic mass is 16.5. The van der Waals surface area contributed by atoms with Crippen LogP contribution in [-0.2, 0) is 4.74 Å². The van der Waals surface area contributed by atoms with E-state index in [2.05, 4.69) is 34.6 Å². The topological polar surface area (TPSA) is 90.2 Å². The number of hydrogen-bond donors (Lipinski definition) is 4. The van der Waals surface area contributed by atoms with E-state index in [1.807, 2.05) is 13.8 Å². The summed E-state index contributed by atoms with van der Waals surface area (Å²) < 4.78 is 6.66. The third kappa shape index (κ3) is 2.78. The van der Waals surface area contributed by atoms with Crippen molar-refractivity contribution in [2.45, 2.75) is 142 Å². The second-order valence-electron chi connectivity index (χ2n) is 15.9. The van der Waals surface area contributed by atoms with E-state index in [4.69, 9.17) is 4.74 Å². The summed E-state index contributed by atoms with van der Waals surface area (Å²) in [4.78, 5) is 0. The summed E-state index contributed by atoms with van der Waals surface area (Å²) in [6, 6.07) is 0. The second kappa shape index (κ2) is 6.86. The molecule has 5 saturated carbocycles. The van der Waals surface area contributed by atoms with E-state index in [1.54, 1.807) is 0 Å². The van der Waals surface area contributed by atoms with Crippen LogP contribution in [0.4, 0.5) is 0 Å². The number of aliphatic hydroxyl groups excluding tert-OH is 3. The van der Waals surface area contributed by atoms with Gasteiger partial charge in [0.15, 0.2) is 0 Å². The first kappa shape index (κ1) is 25.1. The van der Waals surface area contributed by atoms with Gasteiger partial charge in [0.25, 0.3) is 0 Å². The molecular formula is C30H50O5. The molecular weight excluding hydrogens is 440 g/mol. The smallest absolute Gasteiger partial charge is 0.0865 e. The molecule has 6 rings (SSSR count). The Morgan fingerprint density at radius 3 is 2.09 bits per heavy atom. The van der Waals surface area contributed by atoms with Crippen molar-refractivity contribution in [3.8, 4) is 0 Å². The molecule has 0 radical (unpaired) electrons. The van der Waals surface area contributed by atoms with Crippen molar-refractivity contribution >= 4 is 0 Å². The minimum absolute atomic E-state index is 0.0267. The maximum atomic E-state index is 11.7. The van der Waals surface area contributed by atoms with Crippen molar-refractivity contribution in [2.24, 2.45) is 44.8 Å². The minimum atomic E-state index is -0.886. The third-order valence-corrected chi connectivity index (χ3v) is 13.8. The van der Waals surface area contributed by atoms with E-state index in [0.29, 0.717) is 5.92 Å². The Bertz CT molecular complexity index is 911. The summed E-state index contributed by atoms with van der Waals surface area (Å²) in [5.41, 5.74) is -1.35. The molecule has 5 heteroatoms. The van der Waals surface area contributed by atoms with Crippen LogP contribution in [0, 0.1) is 44.8 Å². The van der Waals surface area contributed by atoms with Crippen LogP contribution < -0.4 is 0 Å². The van der Waals surface area contributed by atoms with Crippen molar-refractivity contribution in [2.75, 3.05) is 0 Å². The molecule has 6 unspecified atom stereocenters. The largest absolute Gasteiger partial charge is 0.393 e. The Balaban J connectivity index is 1.37. The van der Waals surface area contributed by atoms with Gasteiger partial charge in [-0.2, -0.15) is 0 Å². The predicted molar refractivity (Wildman–Crippen MR) is 134 cm³/mol. The zero-order chi connectivity index (χ0) is 25.6. The molecule has 0 aromatic carbocycles. The van der Waals surface area contributed by atoms with Crippen LogP contribution in [0.3, 0.4) is 0 Å². The van der Waals surface area contributed by atoms with Gasteiger partial charge in [-0.3, -0.25) is 0 Å². The Morgan fingerprint density at radius 2 is 1.46 bits per heavy atom.